The van der Waals surface area contributed by atoms with Crippen LogP contribution in [0.5, 0.6) is 0 Å². The van der Waals surface area contributed by atoms with E-state index in [0.29, 0.717) is 30.8 Å². The zero-order valence-electron chi connectivity index (χ0n) is 14.1. The molecule has 0 amide bonds. The average molecular weight is 344 g/mol. The summed E-state index contributed by atoms with van der Waals surface area (Å²) in [5, 5.41) is 7.67. The van der Waals surface area contributed by atoms with E-state index in [-0.39, 0.29) is 17.8 Å². The Bertz CT molecular complexity index is 833. The number of aryl methyl sites for hydroxylation is 1. The number of aromatic nitrogens is 2. The standard InChI is InChI=1S/C18H21FN4O2/c1-25-11-3-5-16-14(9-11)17(20)23(22-16)18(24)12-6-7-21-15-4-2-10(19)8-13(12)15/h2,4,8,11-12,21H,3,5-7,9,20H2,1H3/t11-,12?/m0/s1. The first kappa shape index (κ1) is 16.1. The van der Waals surface area contributed by atoms with Crippen LogP contribution in [0, 0.1) is 5.82 Å². The molecule has 1 aromatic heterocycles. The van der Waals surface area contributed by atoms with Crippen molar-refractivity contribution in [2.75, 3.05) is 24.7 Å². The Morgan fingerprint density at radius 3 is 3.08 bits per heavy atom. The van der Waals surface area contributed by atoms with Crippen molar-refractivity contribution >= 4 is 17.4 Å². The van der Waals surface area contributed by atoms with E-state index in [4.69, 9.17) is 10.5 Å². The van der Waals surface area contributed by atoms with E-state index < -0.39 is 5.92 Å². The topological polar surface area (TPSA) is 82.2 Å². The number of ether oxygens (including phenoxy) is 1. The quantitative estimate of drug-likeness (QED) is 0.874. The number of benzene rings is 1. The van der Waals surface area contributed by atoms with Crippen molar-refractivity contribution in [2.45, 2.75) is 37.7 Å². The summed E-state index contributed by atoms with van der Waals surface area (Å²) in [6.45, 7) is 0.654. The molecular formula is C18H21FN4O2. The predicted molar refractivity (Wildman–Crippen MR) is 92.3 cm³/mol. The SMILES string of the molecule is CO[C@H]1CCc2nn(C(=O)C3CCNc4ccc(F)cc43)c(N)c2C1. The molecule has 1 unspecified atom stereocenters. The summed E-state index contributed by atoms with van der Waals surface area (Å²) in [6, 6.07) is 4.49. The number of hydrogen-bond acceptors (Lipinski definition) is 5. The van der Waals surface area contributed by atoms with E-state index in [1.54, 1.807) is 13.2 Å². The van der Waals surface area contributed by atoms with E-state index in [0.717, 1.165) is 29.8 Å². The van der Waals surface area contributed by atoms with E-state index in [1.807, 2.05) is 0 Å². The molecule has 2 aliphatic rings. The van der Waals surface area contributed by atoms with Crippen molar-refractivity contribution in [2.24, 2.45) is 0 Å². The highest BCUT2D eigenvalue weighted by atomic mass is 19.1. The smallest absolute Gasteiger partial charge is 0.256 e. The molecule has 1 aromatic carbocycles. The lowest BCUT2D eigenvalue weighted by Crippen LogP contribution is -2.28. The van der Waals surface area contributed by atoms with Crippen LogP contribution in [-0.2, 0) is 17.6 Å². The second-order valence-corrected chi connectivity index (χ2v) is 6.66. The number of nitrogens with zero attached hydrogens (tertiary/aromatic N) is 2. The number of carbonyl (C=O) groups is 1. The van der Waals surface area contributed by atoms with Gasteiger partial charge < -0.3 is 15.8 Å². The fourth-order valence-corrected chi connectivity index (χ4v) is 3.82. The Hall–Kier alpha value is -2.41. The molecule has 0 spiro atoms. The number of hydrogen-bond donors (Lipinski definition) is 2. The lowest BCUT2D eigenvalue weighted by molar-refractivity contribution is 0.0859. The lowest BCUT2D eigenvalue weighted by atomic mass is 9.90. The molecule has 25 heavy (non-hydrogen) atoms. The van der Waals surface area contributed by atoms with Gasteiger partial charge in [0.25, 0.3) is 5.91 Å². The molecule has 3 N–H and O–H groups in total. The van der Waals surface area contributed by atoms with Crippen LogP contribution in [-0.4, -0.2) is 35.4 Å². The van der Waals surface area contributed by atoms with Crippen LogP contribution < -0.4 is 11.1 Å². The highest BCUT2D eigenvalue weighted by Gasteiger charge is 2.32. The molecule has 4 rings (SSSR count). The van der Waals surface area contributed by atoms with Crippen molar-refractivity contribution in [1.82, 2.24) is 9.78 Å². The molecule has 7 heteroatoms. The van der Waals surface area contributed by atoms with Crippen LogP contribution in [0.25, 0.3) is 0 Å². The Labute approximate surface area is 145 Å². The zero-order valence-corrected chi connectivity index (χ0v) is 14.1. The summed E-state index contributed by atoms with van der Waals surface area (Å²) in [6.07, 6.45) is 2.98. The highest BCUT2D eigenvalue weighted by Crippen LogP contribution is 2.35. The molecule has 0 saturated carbocycles. The van der Waals surface area contributed by atoms with Crippen molar-refractivity contribution in [3.8, 4) is 0 Å². The van der Waals surface area contributed by atoms with Gasteiger partial charge in [-0.1, -0.05) is 0 Å². The Morgan fingerprint density at radius 2 is 2.28 bits per heavy atom. The van der Waals surface area contributed by atoms with Gasteiger partial charge in [0.1, 0.15) is 11.6 Å². The van der Waals surface area contributed by atoms with Crippen LogP contribution in [0.1, 0.15) is 40.4 Å². The molecule has 1 aliphatic heterocycles. The van der Waals surface area contributed by atoms with Crippen LogP contribution in [0.15, 0.2) is 18.2 Å². The first-order valence-corrected chi connectivity index (χ1v) is 8.55. The monoisotopic (exact) mass is 344 g/mol. The van der Waals surface area contributed by atoms with Gasteiger partial charge in [-0.2, -0.15) is 9.78 Å². The van der Waals surface area contributed by atoms with Gasteiger partial charge in [-0.05, 0) is 43.0 Å². The molecule has 2 aromatic rings. The van der Waals surface area contributed by atoms with Crippen LogP contribution in [0.4, 0.5) is 15.9 Å². The van der Waals surface area contributed by atoms with Crippen molar-refractivity contribution in [1.29, 1.82) is 0 Å². The lowest BCUT2D eigenvalue weighted by Gasteiger charge is -2.25. The van der Waals surface area contributed by atoms with Crippen molar-refractivity contribution in [3.05, 3.63) is 40.8 Å². The number of nitrogens with one attached hydrogen (secondary N) is 1. The number of anilines is 2. The maximum atomic E-state index is 13.7. The minimum absolute atomic E-state index is 0.108. The Morgan fingerprint density at radius 1 is 1.44 bits per heavy atom. The van der Waals surface area contributed by atoms with Gasteiger partial charge in [0, 0.05) is 31.3 Å². The summed E-state index contributed by atoms with van der Waals surface area (Å²) in [5.41, 5.74) is 9.46. The van der Waals surface area contributed by atoms with E-state index in [2.05, 4.69) is 10.4 Å². The summed E-state index contributed by atoms with van der Waals surface area (Å²) < 4.78 is 20.4. The molecule has 0 saturated heterocycles. The molecule has 2 atom stereocenters. The summed E-state index contributed by atoms with van der Waals surface area (Å²) in [4.78, 5) is 13.1. The minimum Gasteiger partial charge on any atom is -0.385 e. The first-order chi connectivity index (χ1) is 12.1. The molecule has 6 nitrogen and oxygen atoms in total. The second kappa shape index (κ2) is 6.15. The number of rotatable bonds is 2. The van der Waals surface area contributed by atoms with Gasteiger partial charge in [-0.25, -0.2) is 4.39 Å². The molecular weight excluding hydrogens is 323 g/mol. The molecule has 132 valence electrons. The van der Waals surface area contributed by atoms with E-state index in [9.17, 15) is 9.18 Å². The minimum atomic E-state index is -0.450. The molecule has 1 aliphatic carbocycles. The van der Waals surface area contributed by atoms with Crippen LogP contribution >= 0.6 is 0 Å². The van der Waals surface area contributed by atoms with Gasteiger partial charge >= 0.3 is 0 Å². The number of fused-ring (bicyclic) bond motifs is 2. The molecule has 0 bridgehead atoms. The summed E-state index contributed by atoms with van der Waals surface area (Å²) in [5.74, 6) is -0.614. The average Bonchev–Trinajstić information content (AvgIpc) is 2.96. The largest absolute Gasteiger partial charge is 0.385 e. The number of carbonyl (C=O) groups excluding carboxylic acids is 1. The van der Waals surface area contributed by atoms with E-state index in [1.165, 1.54) is 16.8 Å². The first-order valence-electron chi connectivity index (χ1n) is 8.55. The fraction of sp³-hybridized carbons (Fsp3) is 0.444. The van der Waals surface area contributed by atoms with Gasteiger partial charge in [-0.15, -0.1) is 0 Å². The molecule has 0 radical (unpaired) electrons. The van der Waals surface area contributed by atoms with Crippen molar-refractivity contribution < 1.29 is 13.9 Å². The number of halogens is 1. The normalized spacial score (nSPS) is 22.0. The Kier molecular flexibility index (Phi) is 3.95. The Balaban J connectivity index is 1.70. The number of nitrogens with two attached hydrogens (primary N) is 1. The third-order valence-electron chi connectivity index (χ3n) is 5.22. The molecule has 2 heterocycles. The predicted octanol–water partition coefficient (Wildman–Crippen LogP) is 2.35. The van der Waals surface area contributed by atoms with Crippen molar-refractivity contribution in [3.63, 3.8) is 0 Å². The maximum Gasteiger partial charge on any atom is 0.256 e. The van der Waals surface area contributed by atoms with Gasteiger partial charge in [0.2, 0.25) is 0 Å². The van der Waals surface area contributed by atoms with Gasteiger partial charge in [-0.3, -0.25) is 4.79 Å². The third kappa shape index (κ3) is 2.68. The highest BCUT2D eigenvalue weighted by molar-refractivity contribution is 5.90. The number of nitrogen functional groups attached to an aromatic ring is 1. The number of methoxy groups -OCH3 is 1. The second-order valence-electron chi connectivity index (χ2n) is 6.66. The maximum absolute atomic E-state index is 13.7. The summed E-state index contributed by atoms with van der Waals surface area (Å²) >= 11 is 0. The molecule has 0 fully saturated rings. The van der Waals surface area contributed by atoms with E-state index >= 15 is 0 Å². The zero-order chi connectivity index (χ0) is 17.6. The van der Waals surface area contributed by atoms with Crippen LogP contribution in [0.3, 0.4) is 0 Å². The van der Waals surface area contributed by atoms with Gasteiger partial charge in [0.15, 0.2) is 0 Å². The summed E-state index contributed by atoms with van der Waals surface area (Å²) in [7, 11) is 1.68. The third-order valence-corrected chi connectivity index (χ3v) is 5.22. The van der Waals surface area contributed by atoms with Crippen LogP contribution in [0.2, 0.25) is 0 Å². The van der Waals surface area contributed by atoms with Gasteiger partial charge in [0.05, 0.1) is 17.7 Å². The fourth-order valence-electron chi connectivity index (χ4n) is 3.82.